The zero-order chi connectivity index (χ0) is 12.7. The summed E-state index contributed by atoms with van der Waals surface area (Å²) in [7, 11) is 0. The molecule has 0 radical (unpaired) electrons. The maximum atomic E-state index is 11.6. The molecule has 0 saturated carbocycles. The Morgan fingerprint density at radius 1 is 1.29 bits per heavy atom. The van der Waals surface area contributed by atoms with Gasteiger partial charge in [-0.05, 0) is 19.8 Å². The average Bonchev–Trinajstić information content (AvgIpc) is 2.31. The Balaban J connectivity index is 2.62. The summed E-state index contributed by atoms with van der Waals surface area (Å²) in [4.78, 5) is 34.4. The van der Waals surface area contributed by atoms with Crippen LogP contribution < -0.4 is 5.32 Å². The minimum atomic E-state index is -0.676. The zero-order valence-corrected chi connectivity index (χ0v) is 10.2. The lowest BCUT2D eigenvalue weighted by Gasteiger charge is -2.17. The summed E-state index contributed by atoms with van der Waals surface area (Å²) < 4.78 is 4.87. The van der Waals surface area contributed by atoms with E-state index in [2.05, 4.69) is 5.32 Å². The molecule has 96 valence electrons. The van der Waals surface area contributed by atoms with Crippen LogP contribution in [-0.4, -0.2) is 30.3 Å². The van der Waals surface area contributed by atoms with Crippen LogP contribution in [0.1, 0.15) is 45.4 Å². The summed E-state index contributed by atoms with van der Waals surface area (Å²) in [6.45, 7) is 1.99. The lowest BCUT2D eigenvalue weighted by atomic mass is 10.0. The molecule has 0 bridgehead atoms. The standard InChI is InChI=1S/C12H19NO4/c1-2-17-12(16)9-7-5-3-4-6-8-10(14)11(15)13-9/h9H,2-8H2,1H3,(H,13,15). The molecule has 1 atom stereocenters. The van der Waals surface area contributed by atoms with E-state index >= 15 is 0 Å². The Morgan fingerprint density at radius 2 is 2.00 bits per heavy atom. The molecule has 0 aromatic rings. The number of carbonyl (C=O) groups excluding carboxylic acids is 3. The van der Waals surface area contributed by atoms with Crippen molar-refractivity contribution in [1.82, 2.24) is 5.32 Å². The first-order valence-corrected chi connectivity index (χ1v) is 6.15. The average molecular weight is 241 g/mol. The van der Waals surface area contributed by atoms with Crippen LogP contribution in [0.25, 0.3) is 0 Å². The van der Waals surface area contributed by atoms with E-state index in [1.165, 1.54) is 0 Å². The second-order valence-electron chi connectivity index (χ2n) is 4.15. The molecule has 1 rings (SSSR count). The number of hydrogen-bond donors (Lipinski definition) is 1. The van der Waals surface area contributed by atoms with Crippen LogP contribution in [0.15, 0.2) is 0 Å². The number of esters is 1. The summed E-state index contributed by atoms with van der Waals surface area (Å²) in [5, 5.41) is 2.46. The van der Waals surface area contributed by atoms with Crippen molar-refractivity contribution < 1.29 is 19.1 Å². The van der Waals surface area contributed by atoms with Crippen molar-refractivity contribution in [3.8, 4) is 0 Å². The number of Topliss-reactive ketones (excluding diaryl/α,β-unsaturated/α-hetero) is 1. The molecule has 1 amide bonds. The second kappa shape index (κ2) is 7.04. The molecule has 0 spiro atoms. The van der Waals surface area contributed by atoms with E-state index in [0.717, 1.165) is 25.7 Å². The van der Waals surface area contributed by atoms with Gasteiger partial charge in [-0.2, -0.15) is 0 Å². The van der Waals surface area contributed by atoms with Crippen LogP contribution in [0.2, 0.25) is 0 Å². The highest BCUT2D eigenvalue weighted by molar-refractivity contribution is 6.36. The molecule has 0 aromatic heterocycles. The zero-order valence-electron chi connectivity index (χ0n) is 10.2. The third kappa shape index (κ3) is 4.54. The molecule has 0 aliphatic carbocycles. The summed E-state index contributed by atoms with van der Waals surface area (Å²) in [5.74, 6) is -1.56. The number of rotatable bonds is 2. The van der Waals surface area contributed by atoms with Gasteiger partial charge in [0.05, 0.1) is 6.61 Å². The molecular formula is C12H19NO4. The molecule has 5 nitrogen and oxygen atoms in total. The van der Waals surface area contributed by atoms with E-state index in [9.17, 15) is 14.4 Å². The molecule has 1 N–H and O–H groups in total. The predicted molar refractivity (Wildman–Crippen MR) is 61.3 cm³/mol. The predicted octanol–water partition coefficient (Wildman–Crippen LogP) is 0.958. The van der Waals surface area contributed by atoms with Gasteiger partial charge >= 0.3 is 5.97 Å². The smallest absolute Gasteiger partial charge is 0.328 e. The number of hydrogen-bond acceptors (Lipinski definition) is 4. The monoisotopic (exact) mass is 241 g/mol. The molecule has 1 unspecified atom stereocenters. The van der Waals surface area contributed by atoms with E-state index in [-0.39, 0.29) is 13.0 Å². The van der Waals surface area contributed by atoms with E-state index in [0.29, 0.717) is 6.42 Å². The Hall–Kier alpha value is -1.39. The molecule has 1 fully saturated rings. The summed E-state index contributed by atoms with van der Waals surface area (Å²) in [6.07, 6.45) is 4.31. The first-order valence-electron chi connectivity index (χ1n) is 6.15. The van der Waals surface area contributed by atoms with Crippen molar-refractivity contribution in [2.24, 2.45) is 0 Å². The van der Waals surface area contributed by atoms with Gasteiger partial charge in [0, 0.05) is 6.42 Å². The molecule has 5 heteroatoms. The highest BCUT2D eigenvalue weighted by Gasteiger charge is 2.25. The Labute approximate surface area is 101 Å². The Kier molecular flexibility index (Phi) is 5.66. The maximum absolute atomic E-state index is 11.6. The van der Waals surface area contributed by atoms with Gasteiger partial charge in [-0.25, -0.2) is 4.79 Å². The van der Waals surface area contributed by atoms with Gasteiger partial charge in [-0.15, -0.1) is 0 Å². The third-order valence-corrected chi connectivity index (χ3v) is 2.78. The van der Waals surface area contributed by atoms with Gasteiger partial charge in [-0.1, -0.05) is 19.3 Å². The van der Waals surface area contributed by atoms with Crippen molar-refractivity contribution in [1.29, 1.82) is 0 Å². The first kappa shape index (κ1) is 13.7. The third-order valence-electron chi connectivity index (χ3n) is 2.78. The van der Waals surface area contributed by atoms with Crippen molar-refractivity contribution in [2.45, 2.75) is 51.5 Å². The minimum absolute atomic E-state index is 0.265. The summed E-state index contributed by atoms with van der Waals surface area (Å²) >= 11 is 0. The second-order valence-corrected chi connectivity index (χ2v) is 4.15. The maximum Gasteiger partial charge on any atom is 0.328 e. The van der Waals surface area contributed by atoms with Gasteiger partial charge in [0.1, 0.15) is 6.04 Å². The molecular weight excluding hydrogens is 222 g/mol. The lowest BCUT2D eigenvalue weighted by molar-refractivity contribution is -0.148. The normalized spacial score (nSPS) is 22.8. The van der Waals surface area contributed by atoms with E-state index in [4.69, 9.17) is 4.74 Å². The number of ether oxygens (including phenoxy) is 1. The fourth-order valence-electron chi connectivity index (χ4n) is 1.83. The number of amides is 1. The highest BCUT2D eigenvalue weighted by Crippen LogP contribution is 2.11. The minimum Gasteiger partial charge on any atom is -0.464 e. The number of nitrogens with one attached hydrogen (secondary N) is 1. The van der Waals surface area contributed by atoms with Gasteiger partial charge < -0.3 is 10.1 Å². The van der Waals surface area contributed by atoms with Crippen molar-refractivity contribution in [3.63, 3.8) is 0 Å². The van der Waals surface area contributed by atoms with Gasteiger partial charge in [-0.3, -0.25) is 9.59 Å². The lowest BCUT2D eigenvalue weighted by Crippen LogP contribution is -2.45. The van der Waals surface area contributed by atoms with Gasteiger partial charge in [0.25, 0.3) is 5.91 Å². The number of carbonyl (C=O) groups is 3. The molecule has 1 aliphatic rings. The van der Waals surface area contributed by atoms with Crippen LogP contribution in [0.3, 0.4) is 0 Å². The fourth-order valence-corrected chi connectivity index (χ4v) is 1.83. The van der Waals surface area contributed by atoms with Crippen LogP contribution in [0.4, 0.5) is 0 Å². The molecule has 1 saturated heterocycles. The first-order chi connectivity index (χ1) is 8.15. The molecule has 1 aliphatic heterocycles. The van der Waals surface area contributed by atoms with Gasteiger partial charge in [0.15, 0.2) is 0 Å². The van der Waals surface area contributed by atoms with Crippen LogP contribution in [0, 0.1) is 0 Å². The highest BCUT2D eigenvalue weighted by atomic mass is 16.5. The van der Waals surface area contributed by atoms with Crippen LogP contribution in [-0.2, 0) is 19.1 Å². The van der Waals surface area contributed by atoms with Crippen molar-refractivity contribution in [3.05, 3.63) is 0 Å². The van der Waals surface area contributed by atoms with Crippen LogP contribution in [0.5, 0.6) is 0 Å². The van der Waals surface area contributed by atoms with Crippen molar-refractivity contribution in [2.75, 3.05) is 6.61 Å². The van der Waals surface area contributed by atoms with E-state index < -0.39 is 23.7 Å². The topological polar surface area (TPSA) is 72.5 Å². The molecule has 17 heavy (non-hydrogen) atoms. The van der Waals surface area contributed by atoms with E-state index in [1.54, 1.807) is 6.92 Å². The number of ketones is 1. The SMILES string of the molecule is CCOC(=O)C1CCCCCCC(=O)C(=O)N1. The van der Waals surface area contributed by atoms with E-state index in [1.807, 2.05) is 0 Å². The fraction of sp³-hybridized carbons (Fsp3) is 0.750. The van der Waals surface area contributed by atoms with Crippen LogP contribution >= 0.6 is 0 Å². The molecule has 0 aromatic carbocycles. The van der Waals surface area contributed by atoms with Crippen molar-refractivity contribution >= 4 is 17.7 Å². The Morgan fingerprint density at radius 3 is 2.71 bits per heavy atom. The Bertz CT molecular complexity index is 301. The van der Waals surface area contributed by atoms with Gasteiger partial charge in [0.2, 0.25) is 5.78 Å². The summed E-state index contributed by atoms with van der Waals surface area (Å²) in [5.41, 5.74) is 0. The largest absolute Gasteiger partial charge is 0.464 e. The summed E-state index contributed by atoms with van der Waals surface area (Å²) in [6, 6.07) is -0.676. The molecule has 1 heterocycles. The quantitative estimate of drug-likeness (QED) is 0.577.